The zero-order valence-corrected chi connectivity index (χ0v) is 27.6. The molecule has 3 rings (SSSR count). The summed E-state index contributed by atoms with van der Waals surface area (Å²) in [4.78, 5) is 28.4. The van der Waals surface area contributed by atoms with Crippen LogP contribution in [0.4, 0.5) is 4.39 Å². The van der Waals surface area contributed by atoms with Crippen molar-refractivity contribution < 1.29 is 32.1 Å². The molecule has 0 bridgehead atoms. The number of nitrogens with zero attached hydrogens (tertiary/aromatic N) is 2. The largest absolute Gasteiger partial charge is 0.475 e. The van der Waals surface area contributed by atoms with Gasteiger partial charge in [-0.15, -0.1) is 0 Å². The van der Waals surface area contributed by atoms with Gasteiger partial charge >= 0.3 is 13.5 Å². The Balaban J connectivity index is 1.25. The molecule has 0 amide bonds. The molecule has 1 aromatic heterocycles. The molecule has 2 fully saturated rings. The van der Waals surface area contributed by atoms with E-state index in [1.807, 2.05) is 0 Å². The normalized spacial score (nSPS) is 27.2. The number of unbranched alkanes of at least 4 members (excludes halogenated alkanes) is 1. The van der Waals surface area contributed by atoms with Gasteiger partial charge in [-0.2, -0.15) is 4.98 Å². The summed E-state index contributed by atoms with van der Waals surface area (Å²) < 4.78 is 51.8. The fourth-order valence-electron chi connectivity index (χ4n) is 4.94. The molecule has 45 heavy (non-hydrogen) atoms. The summed E-state index contributed by atoms with van der Waals surface area (Å²) in [7, 11) is -4.07. The summed E-state index contributed by atoms with van der Waals surface area (Å²) in [6.07, 6.45) is 26.9. The van der Waals surface area contributed by atoms with Crippen molar-refractivity contribution in [1.29, 1.82) is 0 Å². The lowest BCUT2D eigenvalue weighted by molar-refractivity contribution is -0.119. The van der Waals surface area contributed by atoms with Crippen LogP contribution in [-0.4, -0.2) is 46.4 Å². The first kappa shape index (κ1) is 36.7. The van der Waals surface area contributed by atoms with Crippen LogP contribution >= 0.6 is 7.82 Å². The smallest absolute Gasteiger partial charge is 0.346 e. The topological polar surface area (TPSA) is 106 Å². The van der Waals surface area contributed by atoms with Crippen molar-refractivity contribution in [3.05, 3.63) is 89.2 Å². The third kappa shape index (κ3) is 12.2. The van der Waals surface area contributed by atoms with E-state index >= 15 is 4.39 Å². The third-order valence-electron chi connectivity index (χ3n) is 7.38. The molecule has 0 aromatic carbocycles. The monoisotopic (exact) mass is 646 g/mol. The summed E-state index contributed by atoms with van der Waals surface area (Å²) in [5.74, 6) is 0.0929. The highest BCUT2D eigenvalue weighted by Gasteiger charge is 2.61. The second-order valence-electron chi connectivity index (χ2n) is 11.3. The Morgan fingerprint density at radius 2 is 1.64 bits per heavy atom. The molecule has 2 aliphatic rings. The fraction of sp³-hybridized carbons (Fsp3) is 0.559. The van der Waals surface area contributed by atoms with E-state index in [0.717, 1.165) is 49.5 Å². The van der Waals surface area contributed by atoms with Crippen LogP contribution in [-0.2, 0) is 27.7 Å². The van der Waals surface area contributed by atoms with Crippen LogP contribution in [0.3, 0.4) is 0 Å². The fourth-order valence-corrected chi connectivity index (χ4v) is 6.44. The molecule has 2 aliphatic heterocycles. The van der Waals surface area contributed by atoms with Crippen molar-refractivity contribution in [2.24, 2.45) is 0 Å². The van der Waals surface area contributed by atoms with Crippen molar-refractivity contribution in [3.8, 4) is 0 Å². The molecule has 1 aromatic rings. The zero-order chi connectivity index (χ0) is 32.5. The van der Waals surface area contributed by atoms with Crippen molar-refractivity contribution in [2.45, 2.75) is 109 Å². The number of hydrogen-bond acceptors (Lipinski definition) is 8. The van der Waals surface area contributed by atoms with Gasteiger partial charge in [0.2, 0.25) is 0 Å². The maximum atomic E-state index is 15.8. The predicted molar refractivity (Wildman–Crippen MR) is 174 cm³/mol. The number of phosphoric ester groups is 1. The minimum Gasteiger partial charge on any atom is -0.346 e. The Bertz CT molecular complexity index is 1330. The van der Waals surface area contributed by atoms with E-state index in [2.05, 4.69) is 72.7 Å². The van der Waals surface area contributed by atoms with Gasteiger partial charge in [-0.1, -0.05) is 67.7 Å². The quantitative estimate of drug-likeness (QED) is 0.0846. The number of Topliss-reactive ketones (excluding diaryl/α,β-unsaturated/α-hetero) is 1. The maximum absolute atomic E-state index is 15.8. The first-order chi connectivity index (χ1) is 21.7. The molecule has 5 atom stereocenters. The highest BCUT2D eigenvalue weighted by molar-refractivity contribution is 7.48. The van der Waals surface area contributed by atoms with Crippen LogP contribution in [0.2, 0.25) is 0 Å². The molecule has 0 spiro atoms. The number of alkyl halides is 1. The van der Waals surface area contributed by atoms with Crippen LogP contribution in [0.5, 0.6) is 0 Å². The molecule has 0 N–H and O–H groups in total. The lowest BCUT2D eigenvalue weighted by atomic mass is 9.98. The van der Waals surface area contributed by atoms with Crippen molar-refractivity contribution >= 4 is 13.6 Å². The molecule has 2 saturated heterocycles. The van der Waals surface area contributed by atoms with Crippen LogP contribution in [0, 0.1) is 6.92 Å². The number of rotatable bonds is 19. The maximum Gasteiger partial charge on any atom is 0.475 e. The first-order valence-corrected chi connectivity index (χ1v) is 17.4. The summed E-state index contributed by atoms with van der Waals surface area (Å²) in [5, 5.41) is 0. The molecule has 9 nitrogen and oxygen atoms in total. The molecule has 0 radical (unpaired) electrons. The van der Waals surface area contributed by atoms with Crippen molar-refractivity contribution in [2.75, 3.05) is 13.2 Å². The van der Waals surface area contributed by atoms with E-state index < -0.39 is 37.6 Å². The highest BCUT2D eigenvalue weighted by Crippen LogP contribution is 2.59. The Labute approximate surface area is 266 Å². The van der Waals surface area contributed by atoms with E-state index in [1.165, 1.54) is 13.1 Å². The van der Waals surface area contributed by atoms with E-state index in [-0.39, 0.29) is 25.4 Å². The molecule has 0 aliphatic carbocycles. The average Bonchev–Trinajstić information content (AvgIpc) is 3.26. The molecule has 11 heteroatoms. The van der Waals surface area contributed by atoms with Gasteiger partial charge in [-0.25, -0.2) is 13.8 Å². The Morgan fingerprint density at radius 1 is 1.04 bits per heavy atom. The average molecular weight is 647 g/mol. The number of ketones is 1. The number of allylic oxidation sites excluding steroid dienone is 10. The number of fused-ring (bicyclic) bond motifs is 1. The van der Waals surface area contributed by atoms with Gasteiger partial charge in [0.15, 0.2) is 11.9 Å². The number of carbonyl (C=O) groups is 1. The second-order valence-corrected chi connectivity index (χ2v) is 12.9. The minimum atomic E-state index is -4.07. The lowest BCUT2D eigenvalue weighted by Crippen LogP contribution is -2.46. The van der Waals surface area contributed by atoms with Gasteiger partial charge in [0.1, 0.15) is 18.0 Å². The Hall–Kier alpha value is -2.75. The second kappa shape index (κ2) is 19.0. The lowest BCUT2D eigenvalue weighted by Gasteiger charge is -2.33. The van der Waals surface area contributed by atoms with E-state index in [9.17, 15) is 14.2 Å². The zero-order valence-electron chi connectivity index (χ0n) is 26.7. The van der Waals surface area contributed by atoms with Crippen molar-refractivity contribution in [1.82, 2.24) is 9.55 Å². The summed E-state index contributed by atoms with van der Waals surface area (Å²) in [6.45, 7) is 4.75. The van der Waals surface area contributed by atoms with Gasteiger partial charge < -0.3 is 4.74 Å². The van der Waals surface area contributed by atoms with Crippen LogP contribution in [0.25, 0.3) is 0 Å². The molecular weight excluding hydrogens is 598 g/mol. The number of ether oxygens (including phenoxy) is 1. The molecule has 248 valence electrons. The molecule has 3 heterocycles. The standard InChI is InChI=1S/C34H48FN2O7P/c1-4-5-6-7-8-9-10-11-12-13-14-15-16-17-18-19-20-22-29(38)23-21-26-41-45(40)42-27-30-31(44-45)34(3,35)32(43-30)37-25-24-28(2)36-33(37)39/h5-6,8-9,11-12,14-15,17-18,24-25,30-32H,4,7,10,13,16,19-23,26-27H2,1-3H3/b6-5-,9-8-,12-11-,15-14-,18-17-/t30-,31-,32-,34-,45?/m1/s1. The summed E-state index contributed by atoms with van der Waals surface area (Å²) >= 11 is 0. The third-order valence-corrected chi connectivity index (χ3v) is 8.82. The summed E-state index contributed by atoms with van der Waals surface area (Å²) in [6, 6.07) is 1.57. The van der Waals surface area contributed by atoms with Gasteiger partial charge in [0, 0.05) is 24.7 Å². The number of halogens is 1. The minimum absolute atomic E-state index is 0.0379. The van der Waals surface area contributed by atoms with E-state index in [4.69, 9.17) is 18.3 Å². The van der Waals surface area contributed by atoms with Gasteiger partial charge in [0.25, 0.3) is 0 Å². The Morgan fingerprint density at radius 3 is 2.27 bits per heavy atom. The number of phosphoric acid groups is 1. The van der Waals surface area contributed by atoms with Crippen LogP contribution < -0.4 is 5.69 Å². The van der Waals surface area contributed by atoms with Gasteiger partial charge in [0.05, 0.1) is 13.2 Å². The number of carbonyl (C=O) groups excluding carboxylic acids is 1. The molecule has 1 unspecified atom stereocenters. The SMILES string of the molecule is CC/C=C\C/C=C\C/C=C\C/C=C\C/C=C\CCCC(=O)CCCOP1(=O)OC[C@H]2O[C@@H](n3ccc(C)nc3=O)[C@](C)(F)[C@@H]2O1. The van der Waals surface area contributed by atoms with E-state index in [1.54, 1.807) is 13.0 Å². The number of aryl methyl sites for hydroxylation is 1. The van der Waals surface area contributed by atoms with E-state index in [0.29, 0.717) is 18.5 Å². The van der Waals surface area contributed by atoms with Crippen LogP contribution in [0.1, 0.15) is 90.0 Å². The molecular formula is C34H48FN2O7P. The van der Waals surface area contributed by atoms with Gasteiger partial charge in [-0.05, 0) is 71.3 Å². The number of hydrogen-bond donors (Lipinski definition) is 0. The highest BCUT2D eigenvalue weighted by atomic mass is 31.2. The number of aromatic nitrogens is 2. The van der Waals surface area contributed by atoms with Crippen molar-refractivity contribution in [3.63, 3.8) is 0 Å². The first-order valence-electron chi connectivity index (χ1n) is 15.9. The summed E-state index contributed by atoms with van der Waals surface area (Å²) in [5.41, 5.74) is -2.37. The van der Waals surface area contributed by atoms with Crippen LogP contribution in [0.15, 0.2) is 77.8 Å². The van der Waals surface area contributed by atoms with Gasteiger partial charge in [-0.3, -0.25) is 22.9 Å². The molecule has 0 saturated carbocycles. The predicted octanol–water partition coefficient (Wildman–Crippen LogP) is 7.99. The Kier molecular flexibility index (Phi) is 15.5.